The van der Waals surface area contributed by atoms with Crippen LogP contribution in [0.15, 0.2) is 36.0 Å². The van der Waals surface area contributed by atoms with Crippen molar-refractivity contribution in [1.82, 2.24) is 0 Å². The third-order valence-corrected chi connectivity index (χ3v) is 8.01. The second kappa shape index (κ2) is 7.57. The van der Waals surface area contributed by atoms with Crippen LogP contribution in [0.2, 0.25) is 0 Å². The highest BCUT2D eigenvalue weighted by atomic mass is 16.6. The number of aliphatic hydroxyl groups is 3. The van der Waals surface area contributed by atoms with Crippen molar-refractivity contribution in [2.24, 2.45) is 10.8 Å². The number of fused-ring (bicyclic) bond motifs is 2. The van der Waals surface area contributed by atoms with Crippen molar-refractivity contribution in [3.05, 3.63) is 36.0 Å². The number of allylic oxidation sites excluding steroid dienone is 2. The lowest BCUT2D eigenvalue weighted by molar-refractivity contribution is -0.209. The zero-order valence-electron chi connectivity index (χ0n) is 17.8. The van der Waals surface area contributed by atoms with E-state index in [0.717, 1.165) is 18.4 Å². The summed E-state index contributed by atoms with van der Waals surface area (Å²) in [5.41, 5.74) is -0.0904. The summed E-state index contributed by atoms with van der Waals surface area (Å²) in [4.78, 5) is 12.5. The minimum absolute atomic E-state index is 0.0411. The molecule has 2 saturated heterocycles. The molecule has 1 saturated carbocycles. The summed E-state index contributed by atoms with van der Waals surface area (Å²) in [7, 11) is 0. The fourth-order valence-electron chi connectivity index (χ4n) is 5.72. The molecular formula is C23H32O7. The van der Waals surface area contributed by atoms with Crippen molar-refractivity contribution in [2.45, 2.75) is 76.2 Å². The van der Waals surface area contributed by atoms with E-state index in [1.807, 2.05) is 6.08 Å². The molecule has 8 atom stereocenters. The normalized spacial score (nSPS) is 44.2. The molecule has 4 aliphatic rings. The van der Waals surface area contributed by atoms with Crippen molar-refractivity contribution >= 4 is 5.97 Å². The largest absolute Gasteiger partial charge is 0.458 e. The van der Waals surface area contributed by atoms with Gasteiger partial charge < -0.3 is 29.5 Å². The van der Waals surface area contributed by atoms with Crippen LogP contribution in [0.3, 0.4) is 0 Å². The molecule has 3 unspecified atom stereocenters. The lowest BCUT2D eigenvalue weighted by Crippen LogP contribution is -2.63. The Kier molecular flexibility index (Phi) is 5.48. The average Bonchev–Trinajstić information content (AvgIpc) is 3.48. The van der Waals surface area contributed by atoms with Gasteiger partial charge in [0, 0.05) is 23.3 Å². The van der Waals surface area contributed by atoms with Crippen LogP contribution in [-0.2, 0) is 19.0 Å². The van der Waals surface area contributed by atoms with Gasteiger partial charge in [-0.3, -0.25) is 0 Å². The minimum atomic E-state index is -0.984. The molecule has 2 bridgehead atoms. The van der Waals surface area contributed by atoms with Crippen LogP contribution in [0, 0.1) is 10.8 Å². The highest BCUT2D eigenvalue weighted by molar-refractivity contribution is 5.82. The fraction of sp³-hybridized carbons (Fsp3) is 0.696. The first-order valence-electron chi connectivity index (χ1n) is 10.7. The zero-order valence-corrected chi connectivity index (χ0v) is 17.8. The van der Waals surface area contributed by atoms with E-state index in [4.69, 9.17) is 14.2 Å². The van der Waals surface area contributed by atoms with E-state index in [1.165, 1.54) is 31.2 Å². The number of epoxide rings is 1. The number of carbonyl (C=O) groups excluding carboxylic acids is 1. The Morgan fingerprint density at radius 2 is 2.10 bits per heavy atom. The molecule has 2 heterocycles. The molecule has 2 aliphatic carbocycles. The van der Waals surface area contributed by atoms with Gasteiger partial charge in [-0.2, -0.15) is 0 Å². The summed E-state index contributed by atoms with van der Waals surface area (Å²) in [5.74, 6) is -0.455. The molecule has 0 aromatic carbocycles. The highest BCUT2D eigenvalue weighted by Gasteiger charge is 2.81. The lowest BCUT2D eigenvalue weighted by Gasteiger charge is -2.57. The Morgan fingerprint density at radius 1 is 1.37 bits per heavy atom. The predicted molar refractivity (Wildman–Crippen MR) is 108 cm³/mol. The molecule has 2 aliphatic heterocycles. The van der Waals surface area contributed by atoms with Crippen molar-refractivity contribution in [1.29, 1.82) is 0 Å². The van der Waals surface area contributed by atoms with Crippen LogP contribution >= 0.6 is 0 Å². The van der Waals surface area contributed by atoms with Crippen LogP contribution in [0.1, 0.15) is 40.0 Å². The van der Waals surface area contributed by atoms with Crippen molar-refractivity contribution in [3.8, 4) is 0 Å². The van der Waals surface area contributed by atoms with Crippen molar-refractivity contribution in [3.63, 3.8) is 0 Å². The maximum atomic E-state index is 12.5. The Labute approximate surface area is 177 Å². The van der Waals surface area contributed by atoms with E-state index in [2.05, 4.69) is 13.8 Å². The van der Waals surface area contributed by atoms with E-state index in [0.29, 0.717) is 13.0 Å². The minimum Gasteiger partial charge on any atom is -0.458 e. The van der Waals surface area contributed by atoms with Gasteiger partial charge in [0.05, 0.1) is 37.6 Å². The van der Waals surface area contributed by atoms with Gasteiger partial charge in [0.25, 0.3) is 0 Å². The summed E-state index contributed by atoms with van der Waals surface area (Å²) in [6.07, 6.45) is 7.53. The maximum Gasteiger partial charge on any atom is 0.331 e. The summed E-state index contributed by atoms with van der Waals surface area (Å²) >= 11 is 0. The van der Waals surface area contributed by atoms with Crippen molar-refractivity contribution < 1.29 is 34.3 Å². The van der Waals surface area contributed by atoms with E-state index in [9.17, 15) is 20.1 Å². The standard InChI is InChI=1S/C23H32O7/c1-14(25)16(26)6-4-5-7-20(27)30-18-11-19-23(13-28-23)22(18,3)21(2)9-8-15(12-24)10-17(21)29-19/h4-7,10,14,16-19,24-26H,8-9,11-13H2,1-3H3/b6-4+,7-5-/t14-,16?,17-,18-,19?,21-,22-,23?/m1/s1. The summed E-state index contributed by atoms with van der Waals surface area (Å²) in [6.45, 7) is 6.48. The molecule has 3 fully saturated rings. The third-order valence-electron chi connectivity index (χ3n) is 8.01. The molecule has 4 rings (SSSR count). The van der Waals surface area contributed by atoms with Crippen LogP contribution in [0.25, 0.3) is 0 Å². The van der Waals surface area contributed by atoms with E-state index in [1.54, 1.807) is 0 Å². The van der Waals surface area contributed by atoms with Gasteiger partial charge in [0.15, 0.2) is 0 Å². The number of carbonyl (C=O) groups is 1. The molecule has 30 heavy (non-hydrogen) atoms. The Morgan fingerprint density at radius 3 is 2.73 bits per heavy atom. The first-order valence-corrected chi connectivity index (χ1v) is 10.7. The Hall–Kier alpha value is -1.51. The molecule has 7 heteroatoms. The average molecular weight is 421 g/mol. The Bertz CT molecular complexity index is 780. The quantitative estimate of drug-likeness (QED) is 0.196. The van der Waals surface area contributed by atoms with Gasteiger partial charge in [0.1, 0.15) is 11.7 Å². The van der Waals surface area contributed by atoms with E-state index < -0.39 is 29.2 Å². The Balaban J connectivity index is 1.52. The van der Waals surface area contributed by atoms with Gasteiger partial charge in [-0.25, -0.2) is 4.79 Å². The monoisotopic (exact) mass is 420 g/mol. The molecule has 0 aromatic rings. The van der Waals surface area contributed by atoms with E-state index in [-0.39, 0.29) is 30.3 Å². The maximum absolute atomic E-state index is 12.5. The second-order valence-electron chi connectivity index (χ2n) is 9.46. The van der Waals surface area contributed by atoms with Crippen LogP contribution < -0.4 is 0 Å². The number of rotatable bonds is 6. The molecule has 0 aromatic heterocycles. The molecule has 3 N–H and O–H groups in total. The number of esters is 1. The summed E-state index contributed by atoms with van der Waals surface area (Å²) in [5, 5.41) is 28.4. The van der Waals surface area contributed by atoms with Gasteiger partial charge in [0.2, 0.25) is 0 Å². The van der Waals surface area contributed by atoms with E-state index >= 15 is 0 Å². The number of hydrogen-bond acceptors (Lipinski definition) is 7. The molecule has 166 valence electrons. The van der Waals surface area contributed by atoms with Gasteiger partial charge in [-0.05, 0) is 25.3 Å². The molecular weight excluding hydrogens is 388 g/mol. The van der Waals surface area contributed by atoms with Crippen LogP contribution in [0.5, 0.6) is 0 Å². The topological polar surface area (TPSA) is 109 Å². The SMILES string of the molecule is C[C@@H](O)C(O)/C=C/C=C\C(=O)O[C@@H]1CC2O[C@@H]3C=C(CO)CC[C@@]3(C)[C@]1(C)C21CO1. The molecule has 0 radical (unpaired) electrons. The first-order chi connectivity index (χ1) is 14.2. The molecule has 7 nitrogen and oxygen atoms in total. The van der Waals surface area contributed by atoms with Crippen LogP contribution in [0.4, 0.5) is 0 Å². The van der Waals surface area contributed by atoms with Crippen molar-refractivity contribution in [2.75, 3.05) is 13.2 Å². The second-order valence-corrected chi connectivity index (χ2v) is 9.46. The lowest BCUT2D eigenvalue weighted by atomic mass is 9.52. The zero-order chi connectivity index (χ0) is 21.7. The molecule has 1 spiro atoms. The van der Waals surface area contributed by atoms with Gasteiger partial charge in [-0.15, -0.1) is 0 Å². The van der Waals surface area contributed by atoms with Gasteiger partial charge in [-0.1, -0.05) is 38.2 Å². The summed E-state index contributed by atoms with van der Waals surface area (Å²) < 4.78 is 18.3. The summed E-state index contributed by atoms with van der Waals surface area (Å²) in [6, 6.07) is 0. The molecule has 0 amide bonds. The third kappa shape index (κ3) is 3.10. The van der Waals surface area contributed by atoms with Gasteiger partial charge >= 0.3 is 5.97 Å². The smallest absolute Gasteiger partial charge is 0.331 e. The number of ether oxygens (including phenoxy) is 3. The first kappa shape index (κ1) is 21.7. The number of aliphatic hydroxyl groups excluding tert-OH is 3. The fourth-order valence-corrected chi connectivity index (χ4v) is 5.72. The predicted octanol–water partition coefficient (Wildman–Crippen LogP) is 1.42. The number of hydrogen-bond donors (Lipinski definition) is 3. The highest BCUT2D eigenvalue weighted by Crippen LogP contribution is 2.71. The van der Waals surface area contributed by atoms with Crippen LogP contribution in [-0.4, -0.2) is 70.6 Å².